The van der Waals surface area contributed by atoms with Crippen molar-refractivity contribution >= 4 is 11.6 Å². The van der Waals surface area contributed by atoms with Gasteiger partial charge in [-0.2, -0.15) is 0 Å². The summed E-state index contributed by atoms with van der Waals surface area (Å²) in [6, 6.07) is 5.88. The molecule has 0 spiro atoms. The smallest absolute Gasteiger partial charge is 0.129 e. The first-order chi connectivity index (χ1) is 9.28. The Bertz CT molecular complexity index is 377. The summed E-state index contributed by atoms with van der Waals surface area (Å²) < 4.78 is 0. The predicted molar refractivity (Wildman–Crippen MR) is 80.4 cm³/mol. The first-order valence-electron chi connectivity index (χ1n) is 7.32. The molecule has 19 heavy (non-hydrogen) atoms. The van der Waals surface area contributed by atoms with Crippen LogP contribution in [-0.4, -0.2) is 36.1 Å². The van der Waals surface area contributed by atoms with Gasteiger partial charge in [0.15, 0.2) is 0 Å². The Morgan fingerprint density at radius 2 is 2.37 bits per heavy atom. The Hall–Kier alpha value is -0.640. The molecule has 1 saturated heterocycles. The van der Waals surface area contributed by atoms with Crippen molar-refractivity contribution in [2.75, 3.05) is 26.2 Å². The van der Waals surface area contributed by atoms with Gasteiger partial charge in [0.1, 0.15) is 5.15 Å². The highest BCUT2D eigenvalue weighted by molar-refractivity contribution is 6.29. The van der Waals surface area contributed by atoms with Gasteiger partial charge in [0, 0.05) is 13.1 Å². The molecule has 0 aliphatic carbocycles. The molecule has 3 nitrogen and oxygen atoms in total. The molecule has 1 aliphatic heterocycles. The van der Waals surface area contributed by atoms with Crippen LogP contribution in [-0.2, 0) is 6.54 Å². The molecule has 0 bridgehead atoms. The number of rotatable bonds is 6. The van der Waals surface area contributed by atoms with Gasteiger partial charge in [0.05, 0.1) is 5.69 Å². The van der Waals surface area contributed by atoms with E-state index in [0.29, 0.717) is 5.15 Å². The third-order valence-electron chi connectivity index (χ3n) is 3.61. The fourth-order valence-corrected chi connectivity index (χ4v) is 2.94. The van der Waals surface area contributed by atoms with Crippen molar-refractivity contribution in [2.24, 2.45) is 5.92 Å². The molecule has 0 amide bonds. The second-order valence-electron chi connectivity index (χ2n) is 5.40. The summed E-state index contributed by atoms with van der Waals surface area (Å²) in [5.41, 5.74) is 1.07. The fraction of sp³-hybridized carbons (Fsp3) is 0.667. The maximum absolute atomic E-state index is 5.96. The van der Waals surface area contributed by atoms with Crippen LogP contribution in [0, 0.1) is 5.92 Å². The van der Waals surface area contributed by atoms with Crippen molar-refractivity contribution < 1.29 is 0 Å². The molecule has 1 aliphatic rings. The molecule has 1 unspecified atom stereocenters. The number of hydrogen-bond acceptors (Lipinski definition) is 3. The quantitative estimate of drug-likeness (QED) is 0.813. The molecule has 2 rings (SSSR count). The molecule has 106 valence electrons. The fourth-order valence-electron chi connectivity index (χ4n) is 2.76. The number of aromatic nitrogens is 1. The summed E-state index contributed by atoms with van der Waals surface area (Å²) in [5.74, 6) is 0.777. The Morgan fingerprint density at radius 3 is 3.05 bits per heavy atom. The molecule has 4 heteroatoms. The summed E-state index contributed by atoms with van der Waals surface area (Å²) in [6.45, 7) is 7.77. The molecule has 2 heterocycles. The molecule has 0 saturated carbocycles. The minimum absolute atomic E-state index is 0.591. The maximum atomic E-state index is 5.96. The van der Waals surface area contributed by atoms with Crippen LogP contribution < -0.4 is 5.32 Å². The molecule has 1 aromatic heterocycles. The van der Waals surface area contributed by atoms with Crippen LogP contribution in [0.3, 0.4) is 0 Å². The van der Waals surface area contributed by atoms with E-state index in [-0.39, 0.29) is 0 Å². The predicted octanol–water partition coefficient (Wildman–Crippen LogP) is 2.95. The van der Waals surface area contributed by atoms with Crippen molar-refractivity contribution in [3.05, 3.63) is 29.0 Å². The SMILES string of the molecule is CCCN(Cc1cccc(Cl)n1)CC1CCCNC1. The summed E-state index contributed by atoms with van der Waals surface area (Å²) in [6.07, 6.45) is 3.83. The van der Waals surface area contributed by atoms with Gasteiger partial charge in [-0.3, -0.25) is 4.90 Å². The van der Waals surface area contributed by atoms with Gasteiger partial charge in [-0.25, -0.2) is 4.98 Å². The van der Waals surface area contributed by atoms with Crippen LogP contribution in [0.4, 0.5) is 0 Å². The van der Waals surface area contributed by atoms with Gasteiger partial charge in [0.2, 0.25) is 0 Å². The summed E-state index contributed by atoms with van der Waals surface area (Å²) in [7, 11) is 0. The zero-order valence-electron chi connectivity index (χ0n) is 11.7. The monoisotopic (exact) mass is 281 g/mol. The van der Waals surface area contributed by atoms with Crippen molar-refractivity contribution in [1.29, 1.82) is 0 Å². The molecular formula is C15H24ClN3. The lowest BCUT2D eigenvalue weighted by Gasteiger charge is -2.29. The second-order valence-corrected chi connectivity index (χ2v) is 5.79. The van der Waals surface area contributed by atoms with E-state index in [1.54, 1.807) is 0 Å². The van der Waals surface area contributed by atoms with E-state index in [2.05, 4.69) is 28.2 Å². The van der Waals surface area contributed by atoms with Crippen LogP contribution in [0.25, 0.3) is 0 Å². The standard InChI is InChI=1S/C15H24ClN3/c1-2-9-19(11-13-5-4-8-17-10-13)12-14-6-3-7-15(16)18-14/h3,6-7,13,17H,2,4-5,8-12H2,1H3. The first kappa shape index (κ1) is 14.8. The lowest BCUT2D eigenvalue weighted by Crippen LogP contribution is -2.38. The Morgan fingerprint density at radius 1 is 1.47 bits per heavy atom. The van der Waals surface area contributed by atoms with Gasteiger partial charge in [0.25, 0.3) is 0 Å². The van der Waals surface area contributed by atoms with Gasteiger partial charge < -0.3 is 5.32 Å². The van der Waals surface area contributed by atoms with E-state index >= 15 is 0 Å². The van der Waals surface area contributed by atoms with Gasteiger partial charge in [-0.15, -0.1) is 0 Å². The molecule has 1 N–H and O–H groups in total. The lowest BCUT2D eigenvalue weighted by atomic mass is 9.99. The molecular weight excluding hydrogens is 258 g/mol. The zero-order valence-corrected chi connectivity index (χ0v) is 12.5. The van der Waals surface area contributed by atoms with Crippen molar-refractivity contribution in [3.8, 4) is 0 Å². The lowest BCUT2D eigenvalue weighted by molar-refractivity contribution is 0.199. The van der Waals surface area contributed by atoms with Crippen LogP contribution in [0.15, 0.2) is 18.2 Å². The molecule has 0 radical (unpaired) electrons. The number of nitrogens with one attached hydrogen (secondary N) is 1. The zero-order chi connectivity index (χ0) is 13.5. The Labute approximate surface area is 121 Å². The highest BCUT2D eigenvalue weighted by atomic mass is 35.5. The van der Waals surface area contributed by atoms with Gasteiger partial charge in [-0.05, 0) is 56.9 Å². The Balaban J connectivity index is 1.91. The average Bonchev–Trinajstić information content (AvgIpc) is 2.40. The molecule has 1 aromatic rings. The number of hydrogen-bond donors (Lipinski definition) is 1. The molecule has 1 atom stereocenters. The van der Waals surface area contributed by atoms with Crippen LogP contribution in [0.5, 0.6) is 0 Å². The van der Waals surface area contributed by atoms with Crippen molar-refractivity contribution in [3.63, 3.8) is 0 Å². The summed E-state index contributed by atoms with van der Waals surface area (Å²) in [4.78, 5) is 6.91. The number of nitrogens with zero attached hydrogens (tertiary/aromatic N) is 2. The Kier molecular flexibility index (Phi) is 6.08. The van der Waals surface area contributed by atoms with E-state index in [0.717, 1.165) is 37.8 Å². The third-order valence-corrected chi connectivity index (χ3v) is 3.82. The van der Waals surface area contributed by atoms with Gasteiger partial charge in [-0.1, -0.05) is 24.6 Å². The van der Waals surface area contributed by atoms with E-state index in [4.69, 9.17) is 11.6 Å². The summed E-state index contributed by atoms with van der Waals surface area (Å²) in [5, 5.41) is 4.08. The minimum Gasteiger partial charge on any atom is -0.316 e. The summed E-state index contributed by atoms with van der Waals surface area (Å²) >= 11 is 5.96. The van der Waals surface area contributed by atoms with Crippen molar-refractivity contribution in [1.82, 2.24) is 15.2 Å². The van der Waals surface area contributed by atoms with Crippen LogP contribution in [0.2, 0.25) is 5.15 Å². The largest absolute Gasteiger partial charge is 0.316 e. The first-order valence-corrected chi connectivity index (χ1v) is 7.70. The normalized spacial score (nSPS) is 19.8. The third kappa shape index (κ3) is 5.09. The van der Waals surface area contributed by atoms with E-state index in [9.17, 15) is 0 Å². The molecule has 0 aromatic carbocycles. The van der Waals surface area contributed by atoms with Crippen LogP contribution >= 0.6 is 11.6 Å². The highest BCUT2D eigenvalue weighted by Gasteiger charge is 2.17. The van der Waals surface area contributed by atoms with E-state index in [1.165, 1.54) is 25.8 Å². The van der Waals surface area contributed by atoms with E-state index in [1.807, 2.05) is 12.1 Å². The maximum Gasteiger partial charge on any atom is 0.129 e. The number of pyridine rings is 1. The van der Waals surface area contributed by atoms with Crippen molar-refractivity contribution in [2.45, 2.75) is 32.7 Å². The minimum atomic E-state index is 0.591. The number of halogens is 1. The topological polar surface area (TPSA) is 28.2 Å². The average molecular weight is 282 g/mol. The highest BCUT2D eigenvalue weighted by Crippen LogP contribution is 2.14. The van der Waals surface area contributed by atoms with Crippen LogP contribution in [0.1, 0.15) is 31.9 Å². The number of piperidine rings is 1. The van der Waals surface area contributed by atoms with Gasteiger partial charge >= 0.3 is 0 Å². The molecule has 1 fully saturated rings. The second kappa shape index (κ2) is 7.83. The van der Waals surface area contributed by atoms with E-state index < -0.39 is 0 Å².